The van der Waals surface area contributed by atoms with Gasteiger partial charge < -0.3 is 9.80 Å². The smallest absolute Gasteiger partial charge is 0.0491 e. The Morgan fingerprint density at radius 1 is 0.452 bits per heavy atom. The molecule has 0 radical (unpaired) electrons. The quantitative estimate of drug-likeness (QED) is 0.207. The maximum Gasteiger partial charge on any atom is 0.0491 e. The summed E-state index contributed by atoms with van der Waals surface area (Å²) in [6.45, 7) is 18.1. The van der Waals surface area contributed by atoms with Crippen LogP contribution in [0.1, 0.15) is 58.2 Å². The predicted molar refractivity (Wildman–Crippen MR) is 183 cm³/mol. The highest BCUT2D eigenvalue weighted by molar-refractivity contribution is 5.81. The summed E-state index contributed by atoms with van der Waals surface area (Å²) in [6.07, 6.45) is 0. The summed E-state index contributed by atoms with van der Waals surface area (Å²) in [5, 5.41) is 0. The third-order valence-corrected chi connectivity index (χ3v) is 7.88. The van der Waals surface area contributed by atoms with Gasteiger partial charge in [-0.05, 0) is 129 Å². The van der Waals surface area contributed by atoms with Crippen LogP contribution in [0.3, 0.4) is 0 Å². The van der Waals surface area contributed by atoms with Crippen molar-refractivity contribution in [2.75, 3.05) is 9.80 Å². The first-order valence-corrected chi connectivity index (χ1v) is 15.0. The molecule has 0 aliphatic heterocycles. The van der Waals surface area contributed by atoms with Gasteiger partial charge in [0, 0.05) is 34.0 Å². The SMILES string of the molecule is Cc1cc(-c2ccc(N(c3ccccc3)C(C)(C)C)c(C)c2)ccc1N(c1ccccc1)c1cccc(C(C)(C)C)c1. The van der Waals surface area contributed by atoms with Gasteiger partial charge in [0.1, 0.15) is 0 Å². The second kappa shape index (κ2) is 11.5. The van der Waals surface area contributed by atoms with E-state index in [0.29, 0.717) is 0 Å². The highest BCUT2D eigenvalue weighted by Crippen LogP contribution is 2.41. The topological polar surface area (TPSA) is 6.48 Å². The minimum absolute atomic E-state index is 0.0585. The molecule has 0 saturated carbocycles. The lowest BCUT2D eigenvalue weighted by molar-refractivity contribution is 0.559. The molecule has 2 heteroatoms. The van der Waals surface area contributed by atoms with E-state index in [1.807, 2.05) is 0 Å². The summed E-state index contributed by atoms with van der Waals surface area (Å²) >= 11 is 0. The Labute approximate surface area is 253 Å². The van der Waals surface area contributed by atoms with Crippen LogP contribution in [0.5, 0.6) is 0 Å². The highest BCUT2D eigenvalue weighted by atomic mass is 15.2. The third kappa shape index (κ3) is 6.14. The van der Waals surface area contributed by atoms with Gasteiger partial charge in [-0.1, -0.05) is 81.4 Å². The third-order valence-electron chi connectivity index (χ3n) is 7.88. The van der Waals surface area contributed by atoms with Gasteiger partial charge in [-0.15, -0.1) is 0 Å². The lowest BCUT2D eigenvalue weighted by Crippen LogP contribution is -2.38. The number of hydrogen-bond donors (Lipinski definition) is 0. The zero-order valence-electron chi connectivity index (χ0n) is 26.4. The summed E-state index contributed by atoms with van der Waals surface area (Å²) in [6, 6.07) is 44.0. The van der Waals surface area contributed by atoms with Crippen molar-refractivity contribution in [2.45, 2.75) is 66.3 Å². The number of hydrogen-bond acceptors (Lipinski definition) is 2. The van der Waals surface area contributed by atoms with Crippen molar-refractivity contribution < 1.29 is 0 Å². The normalized spacial score (nSPS) is 11.8. The van der Waals surface area contributed by atoms with Gasteiger partial charge in [-0.25, -0.2) is 0 Å². The van der Waals surface area contributed by atoms with E-state index in [-0.39, 0.29) is 11.0 Å². The lowest BCUT2D eigenvalue weighted by atomic mass is 9.87. The molecular weight excluding hydrogens is 508 g/mol. The Balaban J connectivity index is 1.54. The zero-order chi connectivity index (χ0) is 30.1. The number of anilines is 5. The van der Waals surface area contributed by atoms with Gasteiger partial charge in [0.05, 0.1) is 0 Å². The molecule has 214 valence electrons. The summed E-state index contributed by atoms with van der Waals surface area (Å²) in [7, 11) is 0. The van der Waals surface area contributed by atoms with Crippen molar-refractivity contribution in [1.29, 1.82) is 0 Å². The van der Waals surface area contributed by atoms with E-state index < -0.39 is 0 Å². The standard InChI is InChI=1S/C40H44N2/c1-29-26-31(32-23-25-38(30(2)27-32)42(40(6,7)8)35-19-13-10-14-20-35)22-24-37(29)41(34-17-11-9-12-18-34)36-21-15-16-33(28-36)39(3,4)5/h9-28H,1-8H3. The van der Waals surface area contributed by atoms with Crippen molar-refractivity contribution in [3.05, 3.63) is 138 Å². The Bertz CT molecular complexity index is 1650. The molecule has 0 aromatic heterocycles. The second-order valence-corrected chi connectivity index (χ2v) is 13.3. The first kappa shape index (κ1) is 29.2. The summed E-state index contributed by atoms with van der Waals surface area (Å²) < 4.78 is 0. The number of rotatable bonds is 6. The van der Waals surface area contributed by atoms with E-state index in [1.165, 1.54) is 50.6 Å². The minimum Gasteiger partial charge on any atom is -0.336 e. The van der Waals surface area contributed by atoms with Crippen molar-refractivity contribution in [1.82, 2.24) is 0 Å². The van der Waals surface area contributed by atoms with Crippen LogP contribution in [0.2, 0.25) is 0 Å². The highest BCUT2D eigenvalue weighted by Gasteiger charge is 2.25. The molecule has 0 saturated heterocycles. The molecule has 0 N–H and O–H groups in total. The molecule has 0 spiro atoms. The van der Waals surface area contributed by atoms with E-state index in [0.717, 1.165) is 5.69 Å². The van der Waals surface area contributed by atoms with Crippen LogP contribution >= 0.6 is 0 Å². The maximum atomic E-state index is 2.43. The first-order valence-electron chi connectivity index (χ1n) is 15.0. The number of benzene rings is 5. The van der Waals surface area contributed by atoms with Gasteiger partial charge in [-0.3, -0.25) is 0 Å². The Morgan fingerprint density at radius 2 is 0.952 bits per heavy atom. The van der Waals surface area contributed by atoms with Crippen LogP contribution in [-0.4, -0.2) is 5.54 Å². The molecule has 0 amide bonds. The van der Waals surface area contributed by atoms with Crippen LogP contribution in [0.4, 0.5) is 28.4 Å². The summed E-state index contributed by atoms with van der Waals surface area (Å²) in [5.74, 6) is 0. The molecule has 0 bridgehead atoms. The van der Waals surface area contributed by atoms with E-state index in [4.69, 9.17) is 0 Å². The average Bonchev–Trinajstić information content (AvgIpc) is 2.95. The monoisotopic (exact) mass is 552 g/mol. The van der Waals surface area contributed by atoms with E-state index in [2.05, 4.69) is 187 Å². The largest absolute Gasteiger partial charge is 0.336 e. The molecule has 0 atom stereocenters. The Morgan fingerprint density at radius 3 is 1.45 bits per heavy atom. The van der Waals surface area contributed by atoms with E-state index in [9.17, 15) is 0 Å². The maximum absolute atomic E-state index is 2.43. The van der Waals surface area contributed by atoms with Crippen LogP contribution in [0, 0.1) is 13.8 Å². The van der Waals surface area contributed by atoms with Gasteiger partial charge in [0.2, 0.25) is 0 Å². The van der Waals surface area contributed by atoms with E-state index >= 15 is 0 Å². The fourth-order valence-corrected chi connectivity index (χ4v) is 5.75. The Hall–Kier alpha value is -4.30. The Kier molecular flexibility index (Phi) is 8.01. The second-order valence-electron chi connectivity index (χ2n) is 13.3. The molecule has 0 aliphatic carbocycles. The van der Waals surface area contributed by atoms with Crippen molar-refractivity contribution in [3.8, 4) is 11.1 Å². The van der Waals surface area contributed by atoms with Crippen LogP contribution in [0.15, 0.2) is 121 Å². The molecule has 2 nitrogen and oxygen atoms in total. The summed E-state index contributed by atoms with van der Waals surface area (Å²) in [5.41, 5.74) is 12.3. The van der Waals surface area contributed by atoms with Gasteiger partial charge in [-0.2, -0.15) is 0 Å². The number of aryl methyl sites for hydroxylation is 2. The molecular formula is C40H44N2. The molecule has 0 fully saturated rings. The first-order chi connectivity index (χ1) is 19.9. The van der Waals surface area contributed by atoms with Crippen LogP contribution < -0.4 is 9.80 Å². The van der Waals surface area contributed by atoms with Crippen molar-refractivity contribution in [3.63, 3.8) is 0 Å². The molecule has 0 unspecified atom stereocenters. The lowest BCUT2D eigenvalue weighted by Gasteiger charge is -2.39. The molecule has 0 aliphatic rings. The fourth-order valence-electron chi connectivity index (χ4n) is 5.75. The number of nitrogens with zero attached hydrogens (tertiary/aromatic N) is 2. The van der Waals surface area contributed by atoms with E-state index in [1.54, 1.807) is 0 Å². The predicted octanol–water partition coefficient (Wildman–Crippen LogP) is 11.7. The van der Waals surface area contributed by atoms with Crippen molar-refractivity contribution >= 4 is 28.4 Å². The number of para-hydroxylation sites is 2. The molecule has 5 rings (SSSR count). The van der Waals surface area contributed by atoms with Crippen molar-refractivity contribution in [2.24, 2.45) is 0 Å². The fraction of sp³-hybridized carbons (Fsp3) is 0.250. The molecule has 0 heterocycles. The van der Waals surface area contributed by atoms with Crippen LogP contribution in [-0.2, 0) is 5.41 Å². The summed E-state index contributed by atoms with van der Waals surface area (Å²) in [4.78, 5) is 4.81. The van der Waals surface area contributed by atoms with Gasteiger partial charge >= 0.3 is 0 Å². The van der Waals surface area contributed by atoms with Crippen LogP contribution in [0.25, 0.3) is 11.1 Å². The molecule has 5 aromatic rings. The minimum atomic E-state index is -0.0585. The zero-order valence-corrected chi connectivity index (χ0v) is 26.4. The molecule has 42 heavy (non-hydrogen) atoms. The molecule has 5 aromatic carbocycles. The van der Waals surface area contributed by atoms with Gasteiger partial charge in [0.25, 0.3) is 0 Å². The average molecular weight is 553 g/mol. The van der Waals surface area contributed by atoms with Gasteiger partial charge in [0.15, 0.2) is 0 Å².